The number of benzene rings is 2. The number of β-amino-alcohol motifs (C(OH)–C–C–N with tert-alkyl or cyclic N) is 1. The number of likely N-dealkylation sites (tertiary alicyclic amines) is 1. The van der Waals surface area contributed by atoms with Crippen molar-refractivity contribution in [2.45, 2.75) is 45.6 Å². The third-order valence-corrected chi connectivity index (χ3v) is 6.01. The lowest BCUT2D eigenvalue weighted by Crippen LogP contribution is -2.35. The number of aliphatic hydroxyl groups is 1. The monoisotopic (exact) mass is 463 g/mol. The molecule has 1 saturated heterocycles. The number of carboxylic acids is 1. The average molecular weight is 464 g/mol. The van der Waals surface area contributed by atoms with Crippen LogP contribution in [-0.4, -0.2) is 56.3 Å². The van der Waals surface area contributed by atoms with Crippen molar-refractivity contribution in [3.05, 3.63) is 71.4 Å². The maximum Gasteiger partial charge on any atom is 0.321 e. The Bertz CT molecular complexity index is 1140. The van der Waals surface area contributed by atoms with E-state index in [2.05, 4.69) is 35.1 Å². The maximum absolute atomic E-state index is 11.5. The van der Waals surface area contributed by atoms with Gasteiger partial charge in [-0.2, -0.15) is 4.98 Å². The van der Waals surface area contributed by atoms with Gasteiger partial charge >= 0.3 is 12.0 Å². The first-order valence-corrected chi connectivity index (χ1v) is 11.4. The van der Waals surface area contributed by atoms with Crippen LogP contribution in [0, 0.1) is 6.92 Å². The summed E-state index contributed by atoms with van der Waals surface area (Å²) in [7, 11) is 0. The number of hydrogen-bond donors (Lipinski definition) is 2. The van der Waals surface area contributed by atoms with Crippen molar-refractivity contribution in [2.24, 2.45) is 0 Å². The Morgan fingerprint density at radius 1 is 1.12 bits per heavy atom. The molecule has 0 spiro atoms. The summed E-state index contributed by atoms with van der Waals surface area (Å²) in [5, 5.41) is 19.4. The second kappa shape index (κ2) is 10.6. The summed E-state index contributed by atoms with van der Waals surface area (Å²) in [6.07, 6.45) is 1.13. The molecule has 8 heteroatoms. The van der Waals surface area contributed by atoms with E-state index in [4.69, 9.17) is 9.47 Å². The maximum atomic E-state index is 11.5. The third kappa shape index (κ3) is 5.35. The van der Waals surface area contributed by atoms with E-state index in [0.29, 0.717) is 24.7 Å². The molecule has 1 fully saturated rings. The van der Waals surface area contributed by atoms with Gasteiger partial charge in [-0.25, -0.2) is 4.98 Å². The first-order valence-electron chi connectivity index (χ1n) is 11.4. The minimum Gasteiger partial charge on any atom is -0.480 e. The molecule has 0 aliphatic carbocycles. The number of carboxylic acid groups (broad SMARTS) is 1. The van der Waals surface area contributed by atoms with Crippen LogP contribution < -0.4 is 9.47 Å². The van der Waals surface area contributed by atoms with Crippen molar-refractivity contribution < 1.29 is 24.5 Å². The van der Waals surface area contributed by atoms with Crippen LogP contribution in [0.15, 0.2) is 54.7 Å². The molecule has 1 aliphatic heterocycles. The molecule has 2 N–H and O–H groups in total. The summed E-state index contributed by atoms with van der Waals surface area (Å²) in [6.45, 7) is 5.16. The van der Waals surface area contributed by atoms with Crippen LogP contribution in [-0.2, 0) is 17.9 Å². The Morgan fingerprint density at radius 3 is 2.65 bits per heavy atom. The standard InChI is InChI=1S/C26H29N3O5/c1-3-33-24-20(14-29-15-21(30)12-23(29)25(31)32)13-27-26(28-24)34-16-19-10-7-11-22(17(19)2)18-8-5-4-6-9-18/h4-11,13,21,23,30H,3,12,14-16H2,1-2H3,(H,31,32)/t21-,23-/m1/s1. The minimum absolute atomic E-state index is 0.188. The fraction of sp³-hybridized carbons (Fsp3) is 0.346. The van der Waals surface area contributed by atoms with Crippen LogP contribution in [0.5, 0.6) is 11.9 Å². The van der Waals surface area contributed by atoms with Gasteiger partial charge in [0.05, 0.1) is 12.7 Å². The van der Waals surface area contributed by atoms with Crippen molar-refractivity contribution in [3.8, 4) is 23.0 Å². The number of rotatable bonds is 9. The molecule has 2 aromatic carbocycles. The molecule has 0 radical (unpaired) electrons. The Labute approximate surface area is 198 Å². The number of hydrogen-bond acceptors (Lipinski definition) is 7. The fourth-order valence-corrected chi connectivity index (χ4v) is 4.26. The van der Waals surface area contributed by atoms with E-state index in [9.17, 15) is 15.0 Å². The van der Waals surface area contributed by atoms with Crippen LogP contribution in [0.2, 0.25) is 0 Å². The van der Waals surface area contributed by atoms with E-state index in [0.717, 1.165) is 22.3 Å². The van der Waals surface area contributed by atoms with Gasteiger partial charge in [-0.3, -0.25) is 9.69 Å². The lowest BCUT2D eigenvalue weighted by molar-refractivity contribution is -0.142. The second-order valence-electron chi connectivity index (χ2n) is 8.33. The van der Waals surface area contributed by atoms with E-state index in [-0.39, 0.29) is 25.5 Å². The molecule has 1 aromatic heterocycles. The highest BCUT2D eigenvalue weighted by atomic mass is 16.5. The molecule has 178 valence electrons. The predicted octanol–water partition coefficient (Wildman–Crippen LogP) is 3.45. The summed E-state index contributed by atoms with van der Waals surface area (Å²) >= 11 is 0. The summed E-state index contributed by atoms with van der Waals surface area (Å²) < 4.78 is 11.6. The number of ether oxygens (including phenoxy) is 2. The lowest BCUT2D eigenvalue weighted by Gasteiger charge is -2.21. The Morgan fingerprint density at radius 2 is 1.91 bits per heavy atom. The fourth-order valence-electron chi connectivity index (χ4n) is 4.26. The normalized spacial score (nSPS) is 18.1. The smallest absolute Gasteiger partial charge is 0.321 e. The molecule has 3 aromatic rings. The first kappa shape index (κ1) is 23.7. The molecule has 34 heavy (non-hydrogen) atoms. The Balaban J connectivity index is 1.50. The van der Waals surface area contributed by atoms with Gasteiger partial charge in [0.25, 0.3) is 0 Å². The molecule has 4 rings (SSSR count). The van der Waals surface area contributed by atoms with Crippen LogP contribution >= 0.6 is 0 Å². The average Bonchev–Trinajstić information content (AvgIpc) is 3.21. The Kier molecular flexibility index (Phi) is 7.40. The van der Waals surface area contributed by atoms with Gasteiger partial charge in [-0.05, 0) is 36.1 Å². The van der Waals surface area contributed by atoms with Crippen LogP contribution in [0.4, 0.5) is 0 Å². The second-order valence-corrected chi connectivity index (χ2v) is 8.33. The number of aliphatic hydroxyl groups excluding tert-OH is 1. The molecular weight excluding hydrogens is 434 g/mol. The highest BCUT2D eigenvalue weighted by molar-refractivity contribution is 5.74. The van der Waals surface area contributed by atoms with Crippen molar-refractivity contribution in [3.63, 3.8) is 0 Å². The number of nitrogens with zero attached hydrogens (tertiary/aromatic N) is 3. The van der Waals surface area contributed by atoms with Gasteiger partial charge in [0.15, 0.2) is 0 Å². The van der Waals surface area contributed by atoms with E-state index in [1.807, 2.05) is 37.3 Å². The number of aliphatic carboxylic acids is 1. The molecule has 2 atom stereocenters. The van der Waals surface area contributed by atoms with Crippen molar-refractivity contribution >= 4 is 5.97 Å². The minimum atomic E-state index is -0.955. The zero-order chi connectivity index (χ0) is 24.1. The van der Waals surface area contributed by atoms with Crippen LogP contribution in [0.3, 0.4) is 0 Å². The first-order chi connectivity index (χ1) is 16.5. The highest BCUT2D eigenvalue weighted by Gasteiger charge is 2.36. The van der Waals surface area contributed by atoms with Crippen LogP contribution in [0.25, 0.3) is 11.1 Å². The quantitative estimate of drug-likeness (QED) is 0.497. The lowest BCUT2D eigenvalue weighted by atomic mass is 9.97. The van der Waals surface area contributed by atoms with Crippen LogP contribution in [0.1, 0.15) is 30.0 Å². The summed E-state index contributed by atoms with van der Waals surface area (Å²) in [6, 6.07) is 15.7. The molecule has 1 aliphatic rings. The van der Waals surface area contributed by atoms with E-state index >= 15 is 0 Å². The van der Waals surface area contributed by atoms with Gasteiger partial charge in [0, 0.05) is 31.3 Å². The molecular formula is C26H29N3O5. The van der Waals surface area contributed by atoms with E-state index in [1.165, 1.54) is 0 Å². The number of carbonyl (C=O) groups is 1. The molecule has 0 bridgehead atoms. The summed E-state index contributed by atoms with van der Waals surface area (Å²) in [4.78, 5) is 22.0. The topological polar surface area (TPSA) is 105 Å². The van der Waals surface area contributed by atoms with Gasteiger partial charge in [-0.1, -0.05) is 48.5 Å². The largest absolute Gasteiger partial charge is 0.480 e. The van der Waals surface area contributed by atoms with Crippen molar-refractivity contribution in [1.29, 1.82) is 0 Å². The third-order valence-electron chi connectivity index (χ3n) is 6.01. The predicted molar refractivity (Wildman–Crippen MR) is 127 cm³/mol. The molecule has 0 saturated carbocycles. The highest BCUT2D eigenvalue weighted by Crippen LogP contribution is 2.28. The van der Waals surface area contributed by atoms with E-state index in [1.54, 1.807) is 11.1 Å². The summed E-state index contributed by atoms with van der Waals surface area (Å²) in [5.41, 5.74) is 5.10. The van der Waals surface area contributed by atoms with E-state index < -0.39 is 18.1 Å². The SMILES string of the molecule is CCOc1nc(OCc2cccc(-c3ccccc3)c2C)ncc1CN1C[C@H](O)C[C@@H]1C(=O)O. The van der Waals surface area contributed by atoms with Gasteiger partial charge in [0.2, 0.25) is 5.88 Å². The van der Waals surface area contributed by atoms with Crippen molar-refractivity contribution in [1.82, 2.24) is 14.9 Å². The molecule has 2 heterocycles. The zero-order valence-electron chi connectivity index (χ0n) is 19.3. The molecule has 8 nitrogen and oxygen atoms in total. The molecule has 0 unspecified atom stereocenters. The Hall–Kier alpha value is -3.49. The summed E-state index contributed by atoms with van der Waals surface area (Å²) in [5.74, 6) is -0.601. The zero-order valence-corrected chi connectivity index (χ0v) is 19.3. The van der Waals surface area contributed by atoms with Gasteiger partial charge < -0.3 is 19.7 Å². The number of aromatic nitrogens is 2. The van der Waals surface area contributed by atoms with Gasteiger partial charge in [0.1, 0.15) is 12.6 Å². The van der Waals surface area contributed by atoms with Crippen molar-refractivity contribution in [2.75, 3.05) is 13.2 Å². The van der Waals surface area contributed by atoms with Gasteiger partial charge in [-0.15, -0.1) is 0 Å². The molecule has 0 amide bonds.